The van der Waals surface area contributed by atoms with Gasteiger partial charge in [-0.2, -0.15) is 0 Å². The third-order valence-electron chi connectivity index (χ3n) is 3.98. The zero-order valence-corrected chi connectivity index (χ0v) is 12.1. The van der Waals surface area contributed by atoms with Gasteiger partial charge in [0.25, 0.3) is 0 Å². The van der Waals surface area contributed by atoms with Crippen LogP contribution in [0.15, 0.2) is 23.3 Å². The van der Waals surface area contributed by atoms with Gasteiger partial charge < -0.3 is 14.6 Å². The lowest BCUT2D eigenvalue weighted by molar-refractivity contribution is 0.0148. The Morgan fingerprint density at radius 1 is 1.24 bits per heavy atom. The molecule has 0 fully saturated rings. The zero-order valence-electron chi connectivity index (χ0n) is 12.1. The molecule has 0 bridgehead atoms. The molecule has 0 saturated carbocycles. The summed E-state index contributed by atoms with van der Waals surface area (Å²) in [7, 11) is 1.44. The average Bonchev–Trinajstić information content (AvgIpc) is 2.43. The van der Waals surface area contributed by atoms with Crippen LogP contribution in [0.2, 0.25) is 0 Å². The summed E-state index contributed by atoms with van der Waals surface area (Å²) in [6.45, 7) is 3.62. The van der Waals surface area contributed by atoms with Crippen molar-refractivity contribution in [2.75, 3.05) is 7.11 Å². The van der Waals surface area contributed by atoms with Gasteiger partial charge >= 0.3 is 0 Å². The van der Waals surface area contributed by atoms with E-state index in [9.17, 15) is 14.7 Å². The second-order valence-electron chi connectivity index (χ2n) is 5.41. The predicted octanol–water partition coefficient (Wildman–Crippen LogP) is 2.27. The van der Waals surface area contributed by atoms with Gasteiger partial charge in [0.1, 0.15) is 11.5 Å². The molecule has 1 aromatic rings. The van der Waals surface area contributed by atoms with Crippen molar-refractivity contribution in [2.45, 2.75) is 32.5 Å². The molecular weight excluding hydrogens is 272 g/mol. The largest absolute Gasteiger partial charge is 0.507 e. The lowest BCUT2D eigenvalue weighted by Gasteiger charge is -2.32. The molecule has 2 atom stereocenters. The number of hydrogen-bond acceptors (Lipinski definition) is 5. The van der Waals surface area contributed by atoms with Crippen molar-refractivity contribution >= 4 is 11.6 Å². The van der Waals surface area contributed by atoms with Crippen LogP contribution >= 0.6 is 0 Å². The van der Waals surface area contributed by atoms with E-state index in [0.717, 1.165) is 0 Å². The van der Waals surface area contributed by atoms with Gasteiger partial charge in [0.2, 0.25) is 0 Å². The first-order valence-corrected chi connectivity index (χ1v) is 6.83. The molecule has 0 spiro atoms. The fourth-order valence-electron chi connectivity index (χ4n) is 3.08. The van der Waals surface area contributed by atoms with Crippen LogP contribution in [0, 0.1) is 0 Å². The van der Waals surface area contributed by atoms with E-state index >= 15 is 0 Å². The number of benzene rings is 1. The van der Waals surface area contributed by atoms with Gasteiger partial charge in [-0.05, 0) is 19.9 Å². The van der Waals surface area contributed by atoms with Gasteiger partial charge in [-0.25, -0.2) is 0 Å². The number of phenols is 1. The second kappa shape index (κ2) is 4.70. The fraction of sp³-hybridized carbons (Fsp3) is 0.375. The number of hydrogen-bond donors (Lipinski definition) is 1. The summed E-state index contributed by atoms with van der Waals surface area (Å²) in [6, 6.07) is 2.84. The van der Waals surface area contributed by atoms with Crippen molar-refractivity contribution in [3.63, 3.8) is 0 Å². The molecule has 0 amide bonds. The lowest BCUT2D eigenvalue weighted by atomic mass is 9.78. The van der Waals surface area contributed by atoms with Crippen LogP contribution in [0.4, 0.5) is 0 Å². The molecule has 1 aromatic carbocycles. The Labute approximate surface area is 122 Å². The van der Waals surface area contributed by atoms with Gasteiger partial charge in [0.05, 0.1) is 24.9 Å². The number of phenolic OH excluding ortho intramolecular Hbond substituents is 1. The topological polar surface area (TPSA) is 72.8 Å². The summed E-state index contributed by atoms with van der Waals surface area (Å²) < 4.78 is 10.7. The SMILES string of the molecule is COc1cc(O)c2c(c1)C(=O)C1=C(C2=O)[C@H](C)O[C@H](C)C1. The Bertz CT molecular complexity index is 686. The van der Waals surface area contributed by atoms with E-state index in [-0.39, 0.29) is 34.5 Å². The van der Waals surface area contributed by atoms with Crippen LogP contribution in [-0.2, 0) is 4.74 Å². The minimum atomic E-state index is -0.449. The molecule has 1 aliphatic heterocycles. The number of methoxy groups -OCH3 is 1. The quantitative estimate of drug-likeness (QED) is 0.858. The molecule has 5 nitrogen and oxygen atoms in total. The molecule has 0 radical (unpaired) electrons. The molecule has 2 aliphatic rings. The summed E-state index contributed by atoms with van der Waals surface area (Å²) in [5.41, 5.74) is 1.11. The smallest absolute Gasteiger partial charge is 0.196 e. The first-order valence-electron chi connectivity index (χ1n) is 6.83. The Kier molecular flexibility index (Phi) is 3.10. The van der Waals surface area contributed by atoms with Crippen molar-refractivity contribution in [1.82, 2.24) is 0 Å². The molecule has 3 rings (SSSR count). The summed E-state index contributed by atoms with van der Waals surface area (Å²) >= 11 is 0. The Hall–Kier alpha value is -2.14. The van der Waals surface area contributed by atoms with E-state index < -0.39 is 6.10 Å². The fourth-order valence-corrected chi connectivity index (χ4v) is 3.08. The number of rotatable bonds is 1. The van der Waals surface area contributed by atoms with Crippen molar-refractivity contribution in [3.05, 3.63) is 34.4 Å². The molecular formula is C16H16O5. The van der Waals surface area contributed by atoms with Crippen LogP contribution in [0.5, 0.6) is 11.5 Å². The summed E-state index contributed by atoms with van der Waals surface area (Å²) in [4.78, 5) is 25.3. The summed E-state index contributed by atoms with van der Waals surface area (Å²) in [5.74, 6) is -0.445. The number of carbonyl (C=O) groups excluding carboxylic acids is 2. The van der Waals surface area contributed by atoms with E-state index in [0.29, 0.717) is 23.3 Å². The third-order valence-corrected chi connectivity index (χ3v) is 3.98. The zero-order chi connectivity index (χ0) is 15.3. The van der Waals surface area contributed by atoms with Crippen molar-refractivity contribution < 1.29 is 24.2 Å². The standard InChI is InChI=1S/C16H16O5/c1-7-4-10-13(8(2)21-7)16(19)14-11(15(10)18)5-9(20-3)6-12(14)17/h5-8,17H,4H2,1-3H3/t7-,8+/m1/s1. The number of carbonyl (C=O) groups is 2. The maximum atomic E-state index is 12.7. The highest BCUT2D eigenvalue weighted by Gasteiger charge is 2.40. The average molecular weight is 288 g/mol. The minimum absolute atomic E-state index is 0.0459. The number of fused-ring (bicyclic) bond motifs is 1. The number of aromatic hydroxyl groups is 1. The van der Waals surface area contributed by atoms with E-state index in [4.69, 9.17) is 9.47 Å². The van der Waals surface area contributed by atoms with E-state index in [2.05, 4.69) is 0 Å². The van der Waals surface area contributed by atoms with Crippen LogP contribution in [0.3, 0.4) is 0 Å². The van der Waals surface area contributed by atoms with Crippen LogP contribution < -0.4 is 4.74 Å². The van der Waals surface area contributed by atoms with Crippen LogP contribution in [0.25, 0.3) is 0 Å². The van der Waals surface area contributed by atoms with Gasteiger partial charge in [-0.15, -0.1) is 0 Å². The Morgan fingerprint density at radius 2 is 1.95 bits per heavy atom. The molecule has 1 N–H and O–H groups in total. The van der Waals surface area contributed by atoms with Crippen LogP contribution in [0.1, 0.15) is 41.0 Å². The number of ether oxygens (including phenoxy) is 2. The van der Waals surface area contributed by atoms with Gasteiger partial charge in [-0.1, -0.05) is 0 Å². The van der Waals surface area contributed by atoms with Gasteiger partial charge in [-0.3, -0.25) is 9.59 Å². The third kappa shape index (κ3) is 1.96. The molecule has 21 heavy (non-hydrogen) atoms. The summed E-state index contributed by atoms with van der Waals surface area (Å²) in [5, 5.41) is 10.1. The predicted molar refractivity (Wildman–Crippen MR) is 75.0 cm³/mol. The van der Waals surface area contributed by atoms with E-state index in [1.807, 2.05) is 6.92 Å². The summed E-state index contributed by atoms with van der Waals surface area (Å²) in [6.07, 6.45) is -0.159. The van der Waals surface area contributed by atoms with Crippen molar-refractivity contribution in [3.8, 4) is 11.5 Å². The lowest BCUT2D eigenvalue weighted by Crippen LogP contribution is -2.36. The molecule has 110 valence electrons. The first-order chi connectivity index (χ1) is 9.93. The molecule has 5 heteroatoms. The van der Waals surface area contributed by atoms with Crippen molar-refractivity contribution in [1.29, 1.82) is 0 Å². The molecule has 0 saturated heterocycles. The Morgan fingerprint density at radius 3 is 2.62 bits per heavy atom. The van der Waals surface area contributed by atoms with Gasteiger partial charge in [0.15, 0.2) is 11.6 Å². The number of ketones is 2. The Balaban J connectivity index is 2.23. The van der Waals surface area contributed by atoms with Gasteiger partial charge in [0, 0.05) is 29.2 Å². The van der Waals surface area contributed by atoms with Crippen molar-refractivity contribution in [2.24, 2.45) is 0 Å². The molecule has 1 heterocycles. The minimum Gasteiger partial charge on any atom is -0.507 e. The highest BCUT2D eigenvalue weighted by Crippen LogP contribution is 2.40. The normalized spacial score (nSPS) is 24.7. The highest BCUT2D eigenvalue weighted by atomic mass is 16.5. The maximum Gasteiger partial charge on any atom is 0.196 e. The monoisotopic (exact) mass is 288 g/mol. The highest BCUT2D eigenvalue weighted by molar-refractivity contribution is 6.28. The van der Waals surface area contributed by atoms with E-state index in [1.165, 1.54) is 19.2 Å². The second-order valence-corrected chi connectivity index (χ2v) is 5.41. The van der Waals surface area contributed by atoms with E-state index in [1.54, 1.807) is 6.92 Å². The number of Topliss-reactive ketones (excluding diaryl/α,β-unsaturated/α-hetero) is 2. The molecule has 1 aliphatic carbocycles. The molecule has 0 unspecified atom stereocenters. The van der Waals surface area contributed by atoms with Crippen LogP contribution in [-0.4, -0.2) is 36.0 Å². The first kappa shape index (κ1) is 13.8. The molecule has 0 aromatic heterocycles. The maximum absolute atomic E-state index is 12.7.